The maximum Gasteiger partial charge on any atom is -0.0382 e. The Kier molecular flexibility index (Phi) is 35.3. The van der Waals surface area contributed by atoms with Crippen LogP contribution in [0.5, 0.6) is 0 Å². The van der Waals surface area contributed by atoms with Crippen molar-refractivity contribution in [2.45, 2.75) is 13.8 Å². The smallest absolute Gasteiger partial charge is 0.0382 e. The summed E-state index contributed by atoms with van der Waals surface area (Å²) in [6.07, 6.45) is 2.74. The Morgan fingerprint density at radius 2 is 1.29 bits per heavy atom. The molecule has 3 heteroatoms. The third-order valence-corrected chi connectivity index (χ3v) is 1.50. The van der Waals surface area contributed by atoms with Crippen LogP contribution in [-0.2, 0) is 0 Å². The lowest BCUT2D eigenvalue weighted by atomic mass is 11.0. The first-order valence-electron chi connectivity index (χ1n) is 2.12. The molecule has 0 N–H and O–H groups in total. The topological polar surface area (TPSA) is 0 Å². The molecular formula is C4H13Cl2P. The predicted molar refractivity (Wildman–Crippen MR) is 43.9 cm³/mol. The largest absolute Gasteiger partial charge is 0.147 e. The predicted octanol–water partition coefficient (Wildman–Crippen LogP) is 2.55. The number of hydrogen-bond acceptors (Lipinski definition) is 0. The molecular weight excluding hydrogens is 150 g/mol. The molecule has 0 aliphatic rings. The molecule has 0 aliphatic heterocycles. The van der Waals surface area contributed by atoms with Gasteiger partial charge in [0.2, 0.25) is 0 Å². The summed E-state index contributed by atoms with van der Waals surface area (Å²) in [6.45, 7) is 4.45. The zero-order chi connectivity index (χ0) is 4.12. The molecule has 0 aliphatic carbocycles. The molecule has 0 saturated heterocycles. The van der Waals surface area contributed by atoms with Crippen LogP contribution >= 0.6 is 33.4 Å². The van der Waals surface area contributed by atoms with E-state index in [-0.39, 0.29) is 24.8 Å². The second-order valence-electron chi connectivity index (χ2n) is 0.957. The van der Waals surface area contributed by atoms with Crippen molar-refractivity contribution in [1.82, 2.24) is 0 Å². The fourth-order valence-corrected chi connectivity index (χ4v) is 0.750. The lowest BCUT2D eigenvalue weighted by molar-refractivity contribution is 1.44. The summed E-state index contributed by atoms with van der Waals surface area (Å²) in [4.78, 5) is 0. The highest BCUT2D eigenvalue weighted by Gasteiger charge is 1.66. The van der Waals surface area contributed by atoms with E-state index in [9.17, 15) is 0 Å². The first kappa shape index (κ1) is 15.7. The Morgan fingerprint density at radius 1 is 1.00 bits per heavy atom. The number of rotatable bonds is 2. The van der Waals surface area contributed by atoms with Crippen LogP contribution in [0, 0.1) is 0 Å². The third kappa shape index (κ3) is 19.4. The van der Waals surface area contributed by atoms with Crippen molar-refractivity contribution in [2.24, 2.45) is 0 Å². The summed E-state index contributed by atoms with van der Waals surface area (Å²) in [5.41, 5.74) is 0. The van der Waals surface area contributed by atoms with Crippen LogP contribution in [0.3, 0.4) is 0 Å². The van der Waals surface area contributed by atoms with E-state index < -0.39 is 0 Å². The number of halogens is 2. The van der Waals surface area contributed by atoms with Crippen molar-refractivity contribution < 1.29 is 0 Å². The summed E-state index contributed by atoms with van der Waals surface area (Å²) >= 11 is 0. The van der Waals surface area contributed by atoms with Gasteiger partial charge in [0.25, 0.3) is 0 Å². The Hall–Kier alpha value is 1.01. The SMILES string of the molecule is CCPCC.Cl.Cl. The fraction of sp³-hybridized carbons (Fsp3) is 1.00. The van der Waals surface area contributed by atoms with Crippen LogP contribution in [-0.4, -0.2) is 12.3 Å². The summed E-state index contributed by atoms with van der Waals surface area (Å²) < 4.78 is 0. The van der Waals surface area contributed by atoms with Gasteiger partial charge >= 0.3 is 0 Å². The molecule has 0 nitrogen and oxygen atoms in total. The normalized spacial score (nSPS) is 6.00. The van der Waals surface area contributed by atoms with Crippen molar-refractivity contribution in [3.63, 3.8) is 0 Å². The fourth-order valence-electron chi connectivity index (χ4n) is 0.250. The molecule has 0 rings (SSSR count). The van der Waals surface area contributed by atoms with Crippen molar-refractivity contribution in [2.75, 3.05) is 12.3 Å². The van der Waals surface area contributed by atoms with E-state index in [0.717, 1.165) is 0 Å². The Balaban J connectivity index is -0.0000000800. The van der Waals surface area contributed by atoms with Crippen LogP contribution in [0.25, 0.3) is 0 Å². The van der Waals surface area contributed by atoms with Gasteiger partial charge in [-0.05, 0) is 12.3 Å². The van der Waals surface area contributed by atoms with Gasteiger partial charge in [-0.15, -0.1) is 33.4 Å². The van der Waals surface area contributed by atoms with E-state index in [4.69, 9.17) is 0 Å². The van der Waals surface area contributed by atoms with Gasteiger partial charge in [0.1, 0.15) is 0 Å². The summed E-state index contributed by atoms with van der Waals surface area (Å²) in [5.74, 6) is 0. The molecule has 0 bridgehead atoms. The van der Waals surface area contributed by atoms with E-state index in [1.807, 2.05) is 0 Å². The van der Waals surface area contributed by atoms with Gasteiger partial charge in [0.05, 0.1) is 0 Å². The van der Waals surface area contributed by atoms with Crippen LogP contribution in [0.4, 0.5) is 0 Å². The van der Waals surface area contributed by atoms with Crippen molar-refractivity contribution in [3.8, 4) is 0 Å². The minimum atomic E-state index is 0. The lowest BCUT2D eigenvalue weighted by Crippen LogP contribution is -1.59. The monoisotopic (exact) mass is 162 g/mol. The van der Waals surface area contributed by atoms with Gasteiger partial charge in [0.15, 0.2) is 0 Å². The van der Waals surface area contributed by atoms with Crippen LogP contribution < -0.4 is 0 Å². The third-order valence-electron chi connectivity index (χ3n) is 0.500. The zero-order valence-electron chi connectivity index (χ0n) is 4.73. The summed E-state index contributed by atoms with van der Waals surface area (Å²) in [6, 6.07) is 0. The van der Waals surface area contributed by atoms with Crippen LogP contribution in [0.15, 0.2) is 0 Å². The maximum atomic E-state index is 2.22. The Bertz CT molecular complexity index is 17.2. The average molecular weight is 163 g/mol. The molecule has 0 atom stereocenters. The molecule has 0 fully saturated rings. The Morgan fingerprint density at radius 3 is 1.29 bits per heavy atom. The first-order chi connectivity index (χ1) is 2.41. The van der Waals surface area contributed by atoms with Crippen LogP contribution in [0.2, 0.25) is 0 Å². The van der Waals surface area contributed by atoms with E-state index in [2.05, 4.69) is 13.8 Å². The zero-order valence-corrected chi connectivity index (χ0v) is 7.36. The quantitative estimate of drug-likeness (QED) is 0.548. The van der Waals surface area contributed by atoms with Gasteiger partial charge in [-0.1, -0.05) is 13.8 Å². The van der Waals surface area contributed by atoms with Crippen LogP contribution in [0.1, 0.15) is 13.8 Å². The molecule has 0 aromatic carbocycles. The first-order valence-corrected chi connectivity index (χ1v) is 3.54. The molecule has 0 amide bonds. The van der Waals surface area contributed by atoms with Gasteiger partial charge < -0.3 is 0 Å². The second-order valence-corrected chi connectivity index (χ2v) is 2.87. The molecule has 48 valence electrons. The second kappa shape index (κ2) is 15.7. The lowest BCUT2D eigenvalue weighted by Gasteiger charge is -1.80. The molecule has 0 radical (unpaired) electrons. The van der Waals surface area contributed by atoms with Crippen molar-refractivity contribution in [3.05, 3.63) is 0 Å². The summed E-state index contributed by atoms with van der Waals surface area (Å²) in [7, 11) is 1.20. The minimum absolute atomic E-state index is 0. The van der Waals surface area contributed by atoms with E-state index >= 15 is 0 Å². The van der Waals surface area contributed by atoms with E-state index in [1.165, 1.54) is 20.9 Å². The number of hydrogen-bond donors (Lipinski definition) is 0. The average Bonchev–Trinajstić information content (AvgIpc) is 1.41. The van der Waals surface area contributed by atoms with E-state index in [0.29, 0.717) is 0 Å². The molecule has 0 spiro atoms. The van der Waals surface area contributed by atoms with Gasteiger partial charge in [-0.25, -0.2) is 0 Å². The molecule has 0 heterocycles. The molecule has 7 heavy (non-hydrogen) atoms. The standard InChI is InChI=1S/C4H11P.2ClH/c1-3-5-4-2;;/h5H,3-4H2,1-2H3;2*1H. The maximum absolute atomic E-state index is 2.22. The highest BCUT2D eigenvalue weighted by Crippen LogP contribution is 2.03. The van der Waals surface area contributed by atoms with Gasteiger partial charge in [-0.2, -0.15) is 0 Å². The molecule has 0 aromatic rings. The van der Waals surface area contributed by atoms with Gasteiger partial charge in [-0.3, -0.25) is 0 Å². The van der Waals surface area contributed by atoms with Gasteiger partial charge in [0, 0.05) is 0 Å². The summed E-state index contributed by atoms with van der Waals surface area (Å²) in [5, 5.41) is 0. The Labute approximate surface area is 60.1 Å². The molecule has 0 aromatic heterocycles. The minimum Gasteiger partial charge on any atom is -0.147 e. The van der Waals surface area contributed by atoms with Crippen molar-refractivity contribution in [1.29, 1.82) is 0 Å². The molecule has 0 unspecified atom stereocenters. The highest BCUT2D eigenvalue weighted by molar-refractivity contribution is 7.37. The highest BCUT2D eigenvalue weighted by atomic mass is 35.5. The van der Waals surface area contributed by atoms with Crippen molar-refractivity contribution >= 4 is 33.4 Å². The van der Waals surface area contributed by atoms with E-state index in [1.54, 1.807) is 0 Å². The molecule has 0 saturated carbocycles.